The Morgan fingerprint density at radius 2 is 1.69 bits per heavy atom. The molecule has 13 heavy (non-hydrogen) atoms. The molecule has 0 heterocycles. The topological polar surface area (TPSA) is 20.2 Å². The van der Waals surface area contributed by atoms with Gasteiger partial charge in [-0.15, -0.1) is 5.56 Å². The molecule has 0 amide bonds. The molecule has 0 spiro atoms. The van der Waals surface area contributed by atoms with Gasteiger partial charge in [-0.2, -0.15) is 43.5 Å². The largest absolute Gasteiger partial charge is 1.00 e. The van der Waals surface area contributed by atoms with Crippen LogP contribution in [0.3, 0.4) is 0 Å². The van der Waals surface area contributed by atoms with Crippen molar-refractivity contribution in [3.05, 3.63) is 35.9 Å². The first kappa shape index (κ1) is 14.0. The van der Waals surface area contributed by atoms with Crippen LogP contribution >= 0.6 is 0 Å². The summed E-state index contributed by atoms with van der Waals surface area (Å²) in [7, 11) is 0. The average Bonchev–Trinajstić information content (AvgIpc) is 2.03. The van der Waals surface area contributed by atoms with Gasteiger partial charge in [0.15, 0.2) is 6.10 Å². The smallest absolute Gasteiger partial charge is 0.381 e. The molecule has 1 atom stereocenters. The molecule has 1 aromatic carbocycles. The van der Waals surface area contributed by atoms with Crippen LogP contribution in [0.15, 0.2) is 24.3 Å². The van der Waals surface area contributed by atoms with Gasteiger partial charge in [0.05, 0.1) is 0 Å². The second kappa shape index (κ2) is 5.79. The number of aliphatic hydroxyl groups excluding tert-OH is 1. The van der Waals surface area contributed by atoms with Crippen molar-refractivity contribution in [3.63, 3.8) is 0 Å². The third-order valence-electron chi connectivity index (χ3n) is 1.37. The van der Waals surface area contributed by atoms with E-state index in [2.05, 4.69) is 6.07 Å². The summed E-state index contributed by atoms with van der Waals surface area (Å²) in [4.78, 5) is 0. The third-order valence-corrected chi connectivity index (χ3v) is 1.37. The van der Waals surface area contributed by atoms with Crippen LogP contribution in [-0.2, 0) is 0 Å². The Hall–Kier alpha value is 1.02. The van der Waals surface area contributed by atoms with Gasteiger partial charge < -0.3 is 5.11 Å². The summed E-state index contributed by atoms with van der Waals surface area (Å²) in [5, 5.41) is 8.72. The van der Waals surface area contributed by atoms with Crippen LogP contribution in [-0.4, -0.2) is 11.3 Å². The first-order chi connectivity index (χ1) is 5.52. The monoisotopic (exact) mass is 308 g/mol. The van der Waals surface area contributed by atoms with Crippen LogP contribution in [0.2, 0.25) is 0 Å². The summed E-state index contributed by atoms with van der Waals surface area (Å²) in [5.74, 6) is 0. The van der Waals surface area contributed by atoms with Crippen molar-refractivity contribution in [2.24, 2.45) is 0 Å². The van der Waals surface area contributed by atoms with Crippen LogP contribution in [0.4, 0.5) is 13.2 Å². The number of hydrogen-bond donors (Lipinski definition) is 1. The van der Waals surface area contributed by atoms with E-state index in [4.69, 9.17) is 5.11 Å². The summed E-state index contributed by atoms with van der Waals surface area (Å²) < 4.78 is 35.6. The maximum atomic E-state index is 11.9. The van der Waals surface area contributed by atoms with Crippen LogP contribution in [0.25, 0.3) is 0 Å². The summed E-state index contributed by atoms with van der Waals surface area (Å²) in [6.45, 7) is 0. The number of halogens is 3. The number of aliphatic hydroxyl groups is 1. The van der Waals surface area contributed by atoms with E-state index in [-0.39, 0.29) is 74.5 Å². The van der Waals surface area contributed by atoms with Gasteiger partial charge in [0.2, 0.25) is 0 Å². The number of rotatable bonds is 1. The zero-order valence-electron chi connectivity index (χ0n) is 6.97. The Morgan fingerprint density at radius 1 is 1.23 bits per heavy atom. The fourth-order valence-electron chi connectivity index (χ4n) is 0.771. The summed E-state index contributed by atoms with van der Waals surface area (Å²) in [5.41, 5.74) is -0.166. The predicted molar refractivity (Wildman–Crippen MR) is 36.3 cm³/mol. The molecule has 0 saturated carbocycles. The van der Waals surface area contributed by atoms with Crippen molar-refractivity contribution in [3.8, 4) is 0 Å². The van der Waals surface area contributed by atoms with Gasteiger partial charge in [0, 0.05) is 0 Å². The summed E-state index contributed by atoms with van der Waals surface area (Å²) in [6, 6.07) is 7.57. The van der Waals surface area contributed by atoms with E-state index < -0.39 is 12.3 Å². The second-order valence-corrected chi connectivity index (χ2v) is 2.28. The summed E-state index contributed by atoms with van der Waals surface area (Å²) >= 11 is 0. The van der Waals surface area contributed by atoms with Gasteiger partial charge in [-0.05, 0) is 0 Å². The first-order valence-corrected chi connectivity index (χ1v) is 3.22. The van der Waals surface area contributed by atoms with E-state index in [1.165, 1.54) is 24.3 Å². The van der Waals surface area contributed by atoms with Gasteiger partial charge >= 0.3 is 75.1 Å². The quantitative estimate of drug-likeness (QED) is 0.666. The van der Waals surface area contributed by atoms with E-state index in [1.807, 2.05) is 0 Å². The SMILES string of the molecule is OC(c1cc[c-]cc1)C(F)(F)F.[Cs+]. The Balaban J connectivity index is 0.00000144. The van der Waals surface area contributed by atoms with Crippen LogP contribution < -0.4 is 68.9 Å². The number of hydrogen-bond acceptors (Lipinski definition) is 1. The molecule has 0 radical (unpaired) electrons. The third kappa shape index (κ3) is 4.37. The van der Waals surface area contributed by atoms with E-state index in [0.717, 1.165) is 0 Å². The molecular formula is C8H6CsF3O. The zero-order valence-corrected chi connectivity index (χ0v) is 13.2. The summed E-state index contributed by atoms with van der Waals surface area (Å²) in [6.07, 6.45) is -6.99. The van der Waals surface area contributed by atoms with Crippen LogP contribution in [0, 0.1) is 6.07 Å². The van der Waals surface area contributed by atoms with E-state index >= 15 is 0 Å². The maximum absolute atomic E-state index is 11.9. The normalized spacial score (nSPS) is 13.2. The first-order valence-electron chi connectivity index (χ1n) is 3.22. The fraction of sp³-hybridized carbons (Fsp3) is 0.250. The number of benzene rings is 1. The standard InChI is InChI=1S/C8H6F3O.Cs/c9-8(10,11)7(12)6-4-2-1-3-5-6;/h2-5,7,12H;/q-1;+1. The molecule has 5 heteroatoms. The van der Waals surface area contributed by atoms with Gasteiger partial charge in [0.25, 0.3) is 0 Å². The molecule has 1 N–H and O–H groups in total. The average molecular weight is 308 g/mol. The molecule has 1 unspecified atom stereocenters. The zero-order chi connectivity index (χ0) is 9.19. The molecule has 1 aromatic rings. The van der Waals surface area contributed by atoms with E-state index in [1.54, 1.807) is 0 Å². The van der Waals surface area contributed by atoms with Crippen molar-refractivity contribution in [2.75, 3.05) is 0 Å². The van der Waals surface area contributed by atoms with E-state index in [9.17, 15) is 13.2 Å². The molecule has 0 fully saturated rings. The molecule has 0 aliphatic rings. The van der Waals surface area contributed by atoms with Gasteiger partial charge in [0.1, 0.15) is 0 Å². The molecule has 0 aromatic heterocycles. The Morgan fingerprint density at radius 3 is 2.08 bits per heavy atom. The second-order valence-electron chi connectivity index (χ2n) is 2.28. The Labute approximate surface area is 133 Å². The minimum Gasteiger partial charge on any atom is -0.381 e. The van der Waals surface area contributed by atoms with Crippen molar-refractivity contribution in [1.29, 1.82) is 0 Å². The molecule has 1 rings (SSSR count). The molecular weight excluding hydrogens is 302 g/mol. The minimum absolute atomic E-state index is 0. The van der Waals surface area contributed by atoms with Crippen LogP contribution in [0.5, 0.6) is 0 Å². The molecule has 66 valence electrons. The van der Waals surface area contributed by atoms with Gasteiger partial charge in [-0.25, -0.2) is 0 Å². The minimum atomic E-state index is -4.60. The number of alkyl halides is 3. The van der Waals surface area contributed by atoms with Crippen molar-refractivity contribution in [1.82, 2.24) is 0 Å². The molecule has 0 saturated heterocycles. The van der Waals surface area contributed by atoms with Crippen LogP contribution in [0.1, 0.15) is 11.7 Å². The van der Waals surface area contributed by atoms with Crippen molar-refractivity contribution >= 4 is 0 Å². The van der Waals surface area contributed by atoms with E-state index in [0.29, 0.717) is 0 Å². The molecule has 0 aliphatic carbocycles. The van der Waals surface area contributed by atoms with Gasteiger partial charge in [-0.3, -0.25) is 0 Å². The Kier molecular flexibility index (Phi) is 6.25. The van der Waals surface area contributed by atoms with Crippen molar-refractivity contribution < 1.29 is 87.2 Å². The fourth-order valence-corrected chi connectivity index (χ4v) is 0.771. The molecule has 0 aliphatic heterocycles. The van der Waals surface area contributed by atoms with Crippen molar-refractivity contribution in [2.45, 2.75) is 12.3 Å². The Bertz CT molecular complexity index is 247. The molecule has 1 nitrogen and oxygen atoms in total. The maximum Gasteiger partial charge on any atom is 1.00 e. The predicted octanol–water partition coefficient (Wildman–Crippen LogP) is -0.914. The van der Waals surface area contributed by atoms with Gasteiger partial charge in [-0.1, -0.05) is 0 Å². The molecule has 0 bridgehead atoms.